The lowest BCUT2D eigenvalue weighted by atomic mass is 9.86. The van der Waals surface area contributed by atoms with E-state index in [1.54, 1.807) is 0 Å². The van der Waals surface area contributed by atoms with Gasteiger partial charge in [-0.1, -0.05) is 6.92 Å². The molecule has 0 atom stereocenters. The smallest absolute Gasteiger partial charge is 0.112 e. The van der Waals surface area contributed by atoms with Gasteiger partial charge >= 0.3 is 0 Å². The van der Waals surface area contributed by atoms with E-state index in [1.165, 1.54) is 31.4 Å². The molecule has 0 N–H and O–H groups in total. The Hall–Kier alpha value is -1.16. The van der Waals surface area contributed by atoms with Gasteiger partial charge in [0.25, 0.3) is 0 Å². The summed E-state index contributed by atoms with van der Waals surface area (Å²) < 4.78 is 0.976. The monoisotopic (exact) mass is 333 g/mol. The van der Waals surface area contributed by atoms with Crippen LogP contribution in [0.3, 0.4) is 0 Å². The maximum Gasteiger partial charge on any atom is 0.112 e. The summed E-state index contributed by atoms with van der Waals surface area (Å²) in [4.78, 5) is 11.4. The van der Waals surface area contributed by atoms with Gasteiger partial charge in [0.05, 0.1) is 11.2 Å². The molecule has 0 spiro atoms. The Morgan fingerprint density at radius 1 is 1.20 bits per heavy atom. The van der Waals surface area contributed by atoms with Crippen molar-refractivity contribution in [3.8, 4) is 0 Å². The van der Waals surface area contributed by atoms with Crippen LogP contribution >= 0.6 is 15.9 Å². The van der Waals surface area contributed by atoms with Gasteiger partial charge in [-0.15, -0.1) is 0 Å². The first-order valence-corrected chi connectivity index (χ1v) is 8.07. The van der Waals surface area contributed by atoms with Gasteiger partial charge in [-0.3, -0.25) is 9.97 Å². The van der Waals surface area contributed by atoms with Gasteiger partial charge in [0.2, 0.25) is 0 Å². The SMILES string of the molecule is CC1CCC(N(C)c2ccnc3cc(Br)cnc23)CC1. The molecule has 0 bridgehead atoms. The van der Waals surface area contributed by atoms with Gasteiger partial charge in [0.1, 0.15) is 5.52 Å². The van der Waals surface area contributed by atoms with Crippen LogP contribution in [-0.4, -0.2) is 23.1 Å². The van der Waals surface area contributed by atoms with Gasteiger partial charge in [0, 0.05) is 30.0 Å². The maximum atomic E-state index is 4.56. The summed E-state index contributed by atoms with van der Waals surface area (Å²) in [5.74, 6) is 0.878. The van der Waals surface area contributed by atoms with Crippen molar-refractivity contribution in [2.75, 3.05) is 11.9 Å². The molecule has 2 aromatic rings. The van der Waals surface area contributed by atoms with Gasteiger partial charge in [-0.25, -0.2) is 0 Å². The van der Waals surface area contributed by atoms with E-state index in [0.717, 1.165) is 21.4 Å². The Morgan fingerprint density at radius 2 is 1.95 bits per heavy atom. The van der Waals surface area contributed by atoms with Crippen molar-refractivity contribution in [1.82, 2.24) is 9.97 Å². The van der Waals surface area contributed by atoms with E-state index in [-0.39, 0.29) is 0 Å². The number of rotatable bonds is 2. The molecule has 1 aliphatic rings. The lowest BCUT2D eigenvalue weighted by Crippen LogP contribution is -2.35. The predicted molar refractivity (Wildman–Crippen MR) is 87.1 cm³/mol. The normalized spacial score (nSPS) is 22.9. The van der Waals surface area contributed by atoms with E-state index in [0.29, 0.717) is 6.04 Å². The Morgan fingerprint density at radius 3 is 2.70 bits per heavy atom. The lowest BCUT2D eigenvalue weighted by molar-refractivity contribution is 0.341. The number of hydrogen-bond acceptors (Lipinski definition) is 3. The van der Waals surface area contributed by atoms with Crippen LogP contribution in [0.5, 0.6) is 0 Å². The second-order valence-electron chi connectivity index (χ2n) is 5.88. The molecule has 0 unspecified atom stereocenters. The largest absolute Gasteiger partial charge is 0.370 e. The predicted octanol–water partition coefficient (Wildman–Crippen LogP) is 4.41. The van der Waals surface area contributed by atoms with Gasteiger partial charge in [0.15, 0.2) is 0 Å². The zero-order valence-electron chi connectivity index (χ0n) is 12.0. The third kappa shape index (κ3) is 2.66. The third-order valence-corrected chi connectivity index (χ3v) is 4.87. The molecule has 4 heteroatoms. The van der Waals surface area contributed by atoms with Crippen LogP contribution in [0, 0.1) is 5.92 Å². The van der Waals surface area contributed by atoms with Crippen LogP contribution in [0.2, 0.25) is 0 Å². The zero-order valence-corrected chi connectivity index (χ0v) is 13.6. The molecular weight excluding hydrogens is 314 g/mol. The standard InChI is InChI=1S/C16H20BrN3/c1-11-3-5-13(6-4-11)20(2)15-7-8-18-14-9-12(17)10-19-16(14)15/h7-11,13H,3-6H2,1-2H3. The first kappa shape index (κ1) is 13.8. The fraction of sp³-hybridized carbons (Fsp3) is 0.500. The second kappa shape index (κ2) is 5.68. The van der Waals surface area contributed by atoms with Crippen LogP contribution < -0.4 is 4.90 Å². The topological polar surface area (TPSA) is 29.0 Å². The molecule has 0 amide bonds. The molecule has 3 rings (SSSR count). The molecule has 2 aromatic heterocycles. The molecule has 106 valence electrons. The second-order valence-corrected chi connectivity index (χ2v) is 6.79. The Bertz CT molecular complexity index is 606. The van der Waals surface area contributed by atoms with Crippen molar-refractivity contribution in [1.29, 1.82) is 0 Å². The molecule has 0 aliphatic heterocycles. The van der Waals surface area contributed by atoms with Crippen molar-refractivity contribution in [2.45, 2.75) is 38.6 Å². The molecule has 1 aliphatic carbocycles. The molecule has 0 radical (unpaired) electrons. The van der Waals surface area contributed by atoms with Crippen LogP contribution in [0.15, 0.2) is 29.0 Å². The highest BCUT2D eigenvalue weighted by Crippen LogP contribution is 2.32. The number of hydrogen-bond donors (Lipinski definition) is 0. The quantitative estimate of drug-likeness (QED) is 0.815. The van der Waals surface area contributed by atoms with Gasteiger partial charge < -0.3 is 4.90 Å². The molecule has 3 nitrogen and oxygen atoms in total. The van der Waals surface area contributed by atoms with Gasteiger partial charge in [-0.2, -0.15) is 0 Å². The highest BCUT2D eigenvalue weighted by molar-refractivity contribution is 9.10. The van der Waals surface area contributed by atoms with Crippen LogP contribution in [-0.2, 0) is 0 Å². The summed E-state index contributed by atoms with van der Waals surface area (Å²) in [5.41, 5.74) is 3.15. The summed E-state index contributed by atoms with van der Waals surface area (Å²) in [5, 5.41) is 0. The molecule has 20 heavy (non-hydrogen) atoms. The minimum absolute atomic E-state index is 0.627. The van der Waals surface area contributed by atoms with E-state index < -0.39 is 0 Å². The fourth-order valence-electron chi connectivity index (χ4n) is 3.10. The van der Waals surface area contributed by atoms with E-state index in [4.69, 9.17) is 0 Å². The number of fused-ring (bicyclic) bond motifs is 1. The van der Waals surface area contributed by atoms with E-state index in [9.17, 15) is 0 Å². The van der Waals surface area contributed by atoms with Crippen molar-refractivity contribution >= 4 is 32.7 Å². The minimum Gasteiger partial charge on any atom is -0.370 e. The highest BCUT2D eigenvalue weighted by atomic mass is 79.9. The molecule has 0 aromatic carbocycles. The summed E-state index contributed by atoms with van der Waals surface area (Å²) in [6, 6.07) is 4.74. The molecule has 1 fully saturated rings. The molecule has 0 saturated heterocycles. The number of pyridine rings is 2. The van der Waals surface area contributed by atoms with Gasteiger partial charge in [-0.05, 0) is 59.7 Å². The zero-order chi connectivity index (χ0) is 14.1. The summed E-state index contributed by atoms with van der Waals surface area (Å²) in [6.07, 6.45) is 8.95. The summed E-state index contributed by atoms with van der Waals surface area (Å²) in [6.45, 7) is 2.36. The Labute approximate surface area is 128 Å². The molecule has 2 heterocycles. The van der Waals surface area contributed by atoms with Crippen molar-refractivity contribution in [3.63, 3.8) is 0 Å². The minimum atomic E-state index is 0.627. The van der Waals surface area contributed by atoms with Crippen molar-refractivity contribution in [2.24, 2.45) is 5.92 Å². The number of nitrogens with zero attached hydrogens (tertiary/aromatic N) is 3. The fourth-order valence-corrected chi connectivity index (χ4v) is 3.42. The molecular formula is C16H20BrN3. The summed E-state index contributed by atoms with van der Waals surface area (Å²) in [7, 11) is 2.19. The third-order valence-electron chi connectivity index (χ3n) is 4.44. The van der Waals surface area contributed by atoms with E-state index in [1.807, 2.05) is 18.5 Å². The highest BCUT2D eigenvalue weighted by Gasteiger charge is 2.23. The first-order chi connectivity index (χ1) is 9.65. The van der Waals surface area contributed by atoms with Crippen LogP contribution in [0.1, 0.15) is 32.6 Å². The van der Waals surface area contributed by atoms with Crippen molar-refractivity contribution < 1.29 is 0 Å². The average molecular weight is 334 g/mol. The number of aromatic nitrogens is 2. The summed E-state index contributed by atoms with van der Waals surface area (Å²) >= 11 is 3.46. The van der Waals surface area contributed by atoms with E-state index in [2.05, 4.69) is 50.8 Å². The lowest BCUT2D eigenvalue weighted by Gasteiger charge is -2.35. The Balaban J connectivity index is 1.93. The van der Waals surface area contributed by atoms with Crippen LogP contribution in [0.25, 0.3) is 11.0 Å². The van der Waals surface area contributed by atoms with Crippen molar-refractivity contribution in [3.05, 3.63) is 29.0 Å². The average Bonchev–Trinajstić information content (AvgIpc) is 2.46. The Kier molecular flexibility index (Phi) is 3.92. The first-order valence-electron chi connectivity index (χ1n) is 7.28. The molecule has 1 saturated carbocycles. The number of anilines is 1. The number of halogens is 1. The van der Waals surface area contributed by atoms with E-state index >= 15 is 0 Å². The van der Waals surface area contributed by atoms with Crippen LogP contribution in [0.4, 0.5) is 5.69 Å². The maximum absolute atomic E-state index is 4.56.